The number of hydrogen-bond donors (Lipinski definition) is 3. The van der Waals surface area contributed by atoms with Gasteiger partial charge in [0.15, 0.2) is 0 Å². The van der Waals surface area contributed by atoms with E-state index in [2.05, 4.69) is 4.72 Å². The van der Waals surface area contributed by atoms with Crippen LogP contribution in [0.25, 0.3) is 0 Å². The molecule has 0 aliphatic heterocycles. The summed E-state index contributed by atoms with van der Waals surface area (Å²) in [5.74, 6) is -0.789. The van der Waals surface area contributed by atoms with Crippen LogP contribution in [0, 0.1) is 5.92 Å². The van der Waals surface area contributed by atoms with Gasteiger partial charge in [-0.15, -0.1) is 12.4 Å². The molecular formula is C15H23ClF3N3O3S. The van der Waals surface area contributed by atoms with Gasteiger partial charge < -0.3 is 11.1 Å². The van der Waals surface area contributed by atoms with E-state index in [1.165, 1.54) is 18.2 Å². The summed E-state index contributed by atoms with van der Waals surface area (Å²) in [5.41, 5.74) is 5.39. The van der Waals surface area contributed by atoms with Gasteiger partial charge in [-0.3, -0.25) is 4.79 Å². The Morgan fingerprint density at radius 2 is 1.88 bits per heavy atom. The molecular weight excluding hydrogens is 395 g/mol. The van der Waals surface area contributed by atoms with Crippen LogP contribution in [0.4, 0.5) is 13.2 Å². The van der Waals surface area contributed by atoms with Crippen molar-refractivity contribution in [2.24, 2.45) is 11.7 Å². The van der Waals surface area contributed by atoms with Crippen LogP contribution >= 0.6 is 12.4 Å². The number of carbonyl (C=O) groups is 1. The summed E-state index contributed by atoms with van der Waals surface area (Å²) < 4.78 is 63.7. The number of hydrogen-bond acceptors (Lipinski definition) is 4. The molecule has 0 aliphatic rings. The third kappa shape index (κ3) is 8.35. The van der Waals surface area contributed by atoms with E-state index < -0.39 is 34.7 Å². The van der Waals surface area contributed by atoms with E-state index in [4.69, 9.17) is 5.73 Å². The maximum atomic E-state index is 12.4. The smallest absolute Gasteiger partial charge is 0.343 e. The van der Waals surface area contributed by atoms with E-state index in [0.29, 0.717) is 6.42 Å². The average molecular weight is 418 g/mol. The predicted octanol–water partition coefficient (Wildman–Crippen LogP) is 2.05. The summed E-state index contributed by atoms with van der Waals surface area (Å²) in [6.45, 7) is 2.44. The summed E-state index contributed by atoms with van der Waals surface area (Å²) in [7, 11) is -3.95. The standard InChI is InChI=1S/C15H22F3N3O3S.ClH/c1-10(2)6-12(8-19)21-25(23,24)13-5-3-4-11(7-13)14(22)20-9-15(16,17)18;/h3-5,7,10,12,21H,6,8-9,19H2,1-2H3,(H,20,22);1H. The van der Waals surface area contributed by atoms with Crippen LogP contribution in [0.3, 0.4) is 0 Å². The van der Waals surface area contributed by atoms with Crippen molar-refractivity contribution in [1.82, 2.24) is 10.0 Å². The van der Waals surface area contributed by atoms with Gasteiger partial charge in [0.25, 0.3) is 5.91 Å². The number of benzene rings is 1. The molecule has 0 radical (unpaired) electrons. The van der Waals surface area contributed by atoms with Crippen LogP contribution in [0.2, 0.25) is 0 Å². The monoisotopic (exact) mass is 417 g/mol. The second-order valence-electron chi connectivity index (χ2n) is 6.01. The number of nitrogens with two attached hydrogens (primary N) is 1. The van der Waals surface area contributed by atoms with Crippen LogP contribution in [0.1, 0.15) is 30.6 Å². The molecule has 0 aromatic heterocycles. The molecule has 1 amide bonds. The molecule has 1 aromatic carbocycles. The maximum absolute atomic E-state index is 12.4. The van der Waals surface area contributed by atoms with Crippen LogP contribution in [-0.2, 0) is 10.0 Å². The van der Waals surface area contributed by atoms with Crippen molar-refractivity contribution in [2.75, 3.05) is 13.1 Å². The molecule has 0 spiro atoms. The van der Waals surface area contributed by atoms with E-state index >= 15 is 0 Å². The molecule has 0 bridgehead atoms. The minimum absolute atomic E-state index is 0. The molecule has 150 valence electrons. The zero-order chi connectivity index (χ0) is 19.3. The molecule has 11 heteroatoms. The Hall–Kier alpha value is -1.36. The lowest BCUT2D eigenvalue weighted by atomic mass is 10.1. The zero-order valence-electron chi connectivity index (χ0n) is 14.3. The molecule has 1 aromatic rings. The quantitative estimate of drug-likeness (QED) is 0.602. The Bertz CT molecular complexity index is 697. The van der Waals surface area contributed by atoms with Gasteiger partial charge in [0.2, 0.25) is 10.0 Å². The van der Waals surface area contributed by atoms with E-state index in [0.717, 1.165) is 6.07 Å². The van der Waals surface area contributed by atoms with Gasteiger partial charge in [0.1, 0.15) is 6.54 Å². The van der Waals surface area contributed by atoms with E-state index in [1.807, 2.05) is 13.8 Å². The Labute approximate surface area is 157 Å². The zero-order valence-corrected chi connectivity index (χ0v) is 16.0. The summed E-state index contributed by atoms with van der Waals surface area (Å²) in [6.07, 6.45) is -4.02. The number of sulfonamides is 1. The highest BCUT2D eigenvalue weighted by Gasteiger charge is 2.28. The van der Waals surface area contributed by atoms with E-state index in [-0.39, 0.29) is 35.3 Å². The van der Waals surface area contributed by atoms with Crippen molar-refractivity contribution >= 4 is 28.3 Å². The highest BCUT2D eigenvalue weighted by molar-refractivity contribution is 7.89. The largest absolute Gasteiger partial charge is 0.405 e. The molecule has 0 fully saturated rings. The minimum Gasteiger partial charge on any atom is -0.343 e. The highest BCUT2D eigenvalue weighted by Crippen LogP contribution is 2.15. The van der Waals surface area contributed by atoms with Gasteiger partial charge in [-0.2, -0.15) is 13.2 Å². The Kier molecular flexibility index (Phi) is 9.57. The first-order chi connectivity index (χ1) is 11.4. The van der Waals surface area contributed by atoms with Crippen molar-refractivity contribution in [2.45, 2.75) is 37.4 Å². The van der Waals surface area contributed by atoms with Gasteiger partial charge in [-0.05, 0) is 30.5 Å². The first kappa shape index (κ1) is 24.6. The fraction of sp³-hybridized carbons (Fsp3) is 0.533. The molecule has 1 unspecified atom stereocenters. The summed E-state index contributed by atoms with van der Waals surface area (Å²) in [6, 6.07) is 4.33. The predicted molar refractivity (Wildman–Crippen MR) is 94.7 cm³/mol. The average Bonchev–Trinajstić information content (AvgIpc) is 2.50. The molecule has 0 aliphatic carbocycles. The molecule has 0 saturated carbocycles. The van der Waals surface area contributed by atoms with Crippen LogP contribution in [0.15, 0.2) is 29.2 Å². The summed E-state index contributed by atoms with van der Waals surface area (Å²) >= 11 is 0. The number of halogens is 4. The lowest BCUT2D eigenvalue weighted by Crippen LogP contribution is -2.41. The first-order valence-electron chi connectivity index (χ1n) is 7.62. The molecule has 6 nitrogen and oxygen atoms in total. The Balaban J connectivity index is 0.00000625. The van der Waals surface area contributed by atoms with Gasteiger partial charge in [0, 0.05) is 18.2 Å². The molecule has 0 saturated heterocycles. The number of nitrogens with one attached hydrogen (secondary N) is 2. The number of amides is 1. The second kappa shape index (κ2) is 10.1. The number of carbonyl (C=O) groups excluding carboxylic acids is 1. The number of rotatable bonds is 8. The Morgan fingerprint density at radius 1 is 1.27 bits per heavy atom. The van der Waals surface area contributed by atoms with Gasteiger partial charge in [0.05, 0.1) is 4.90 Å². The van der Waals surface area contributed by atoms with Crippen molar-refractivity contribution in [3.05, 3.63) is 29.8 Å². The first-order valence-corrected chi connectivity index (χ1v) is 9.10. The normalized spacial score (nSPS) is 13.2. The van der Waals surface area contributed by atoms with Crippen molar-refractivity contribution in [1.29, 1.82) is 0 Å². The second-order valence-corrected chi connectivity index (χ2v) is 7.72. The fourth-order valence-electron chi connectivity index (χ4n) is 2.14. The Morgan fingerprint density at radius 3 is 2.38 bits per heavy atom. The topological polar surface area (TPSA) is 101 Å². The highest BCUT2D eigenvalue weighted by atomic mass is 35.5. The third-order valence-corrected chi connectivity index (χ3v) is 4.74. The van der Waals surface area contributed by atoms with Gasteiger partial charge >= 0.3 is 6.18 Å². The van der Waals surface area contributed by atoms with Crippen molar-refractivity contribution in [3.8, 4) is 0 Å². The van der Waals surface area contributed by atoms with Gasteiger partial charge in [-0.25, -0.2) is 13.1 Å². The fourth-order valence-corrected chi connectivity index (χ4v) is 3.44. The van der Waals surface area contributed by atoms with Crippen molar-refractivity contribution in [3.63, 3.8) is 0 Å². The minimum atomic E-state index is -4.55. The summed E-state index contributed by atoms with van der Waals surface area (Å²) in [5, 5.41) is 1.70. The van der Waals surface area contributed by atoms with E-state index in [1.54, 1.807) is 5.32 Å². The summed E-state index contributed by atoms with van der Waals surface area (Å²) in [4.78, 5) is 11.5. The van der Waals surface area contributed by atoms with Gasteiger partial charge in [-0.1, -0.05) is 19.9 Å². The SMILES string of the molecule is CC(C)CC(CN)NS(=O)(=O)c1cccc(C(=O)NCC(F)(F)F)c1.Cl. The van der Waals surface area contributed by atoms with Crippen LogP contribution in [0.5, 0.6) is 0 Å². The maximum Gasteiger partial charge on any atom is 0.405 e. The molecule has 26 heavy (non-hydrogen) atoms. The number of alkyl halides is 3. The van der Waals surface area contributed by atoms with Crippen LogP contribution in [-0.4, -0.2) is 39.6 Å². The molecule has 0 heterocycles. The van der Waals surface area contributed by atoms with Crippen molar-refractivity contribution < 1.29 is 26.4 Å². The lowest BCUT2D eigenvalue weighted by Gasteiger charge is -2.19. The molecule has 4 N–H and O–H groups in total. The van der Waals surface area contributed by atoms with Crippen LogP contribution < -0.4 is 15.8 Å². The molecule has 1 rings (SSSR count). The lowest BCUT2D eigenvalue weighted by molar-refractivity contribution is -0.123. The molecule has 1 atom stereocenters. The van der Waals surface area contributed by atoms with E-state index in [9.17, 15) is 26.4 Å². The third-order valence-electron chi connectivity index (χ3n) is 3.22.